The first kappa shape index (κ1) is 23.5. The summed E-state index contributed by atoms with van der Waals surface area (Å²) in [5.74, 6) is 1.97. The molecule has 0 fully saturated rings. The van der Waals surface area contributed by atoms with Gasteiger partial charge in [0, 0.05) is 5.70 Å². The van der Waals surface area contributed by atoms with Crippen molar-refractivity contribution in [3.63, 3.8) is 0 Å². The third-order valence-electron chi connectivity index (χ3n) is 5.31. The van der Waals surface area contributed by atoms with Crippen LogP contribution in [0.4, 0.5) is 11.6 Å². The minimum absolute atomic E-state index is 0.0290. The van der Waals surface area contributed by atoms with E-state index in [9.17, 15) is 9.90 Å². The number of aromatic hydroxyl groups is 1. The maximum atomic E-state index is 13.6. The minimum atomic E-state index is -0.593. The van der Waals surface area contributed by atoms with Crippen LogP contribution in [0.15, 0.2) is 58.9 Å². The average Bonchev–Trinajstić information content (AvgIpc) is 3.22. The lowest BCUT2D eigenvalue weighted by molar-refractivity contribution is -0.113. The monoisotopic (exact) mass is 481 g/mol. The number of aromatic nitrogens is 3. The maximum absolute atomic E-state index is 13.6. The number of thioether (sulfide) groups is 1. The van der Waals surface area contributed by atoms with E-state index in [1.165, 1.54) is 11.8 Å². The van der Waals surface area contributed by atoms with Crippen LogP contribution in [0.1, 0.15) is 32.4 Å². The molecule has 0 saturated heterocycles. The van der Waals surface area contributed by atoms with Gasteiger partial charge < -0.3 is 25.2 Å². The van der Waals surface area contributed by atoms with Crippen molar-refractivity contribution >= 4 is 29.3 Å². The quantitative estimate of drug-likeness (QED) is 0.405. The number of carbonyl (C=O) groups is 1. The Balaban J connectivity index is 1.81. The Morgan fingerprint density at radius 2 is 2.03 bits per heavy atom. The Hall–Kier alpha value is -3.66. The molecule has 1 aromatic heterocycles. The number of amides is 1. The van der Waals surface area contributed by atoms with E-state index in [1.807, 2.05) is 32.9 Å². The predicted octanol–water partition coefficient (Wildman–Crippen LogP) is 4.43. The topological polar surface area (TPSA) is 111 Å². The van der Waals surface area contributed by atoms with E-state index in [0.717, 1.165) is 11.3 Å². The summed E-state index contributed by atoms with van der Waals surface area (Å²) in [6.45, 7) is 6.10. The fraction of sp³-hybridized carbons (Fsp3) is 0.292. The number of phenols is 1. The number of ether oxygens (including phenoxy) is 2. The van der Waals surface area contributed by atoms with Gasteiger partial charge in [0.2, 0.25) is 11.1 Å². The van der Waals surface area contributed by atoms with Gasteiger partial charge in [-0.25, -0.2) is 4.68 Å². The molecule has 1 aliphatic rings. The molecule has 0 bridgehead atoms. The summed E-state index contributed by atoms with van der Waals surface area (Å²) in [5, 5.41) is 21.7. The summed E-state index contributed by atoms with van der Waals surface area (Å²) in [5.41, 5.74) is 2.40. The molecule has 0 saturated carbocycles. The molecule has 1 atom stereocenters. The Kier molecular flexibility index (Phi) is 6.97. The highest BCUT2D eigenvalue weighted by molar-refractivity contribution is 7.99. The molecule has 0 aliphatic carbocycles. The first-order chi connectivity index (χ1) is 16.5. The van der Waals surface area contributed by atoms with Crippen LogP contribution >= 0.6 is 11.8 Å². The van der Waals surface area contributed by atoms with Crippen LogP contribution in [0, 0.1) is 0 Å². The fourth-order valence-electron chi connectivity index (χ4n) is 3.83. The van der Waals surface area contributed by atoms with Gasteiger partial charge in [-0.3, -0.25) is 4.79 Å². The van der Waals surface area contributed by atoms with Gasteiger partial charge in [0.15, 0.2) is 11.5 Å². The molecule has 0 unspecified atom stereocenters. The molecule has 2 aromatic carbocycles. The van der Waals surface area contributed by atoms with E-state index in [4.69, 9.17) is 9.47 Å². The van der Waals surface area contributed by atoms with Crippen molar-refractivity contribution in [2.24, 2.45) is 0 Å². The number of nitrogens with zero attached hydrogens (tertiary/aromatic N) is 3. The smallest absolute Gasteiger partial charge is 0.255 e. The van der Waals surface area contributed by atoms with Crippen LogP contribution in [-0.4, -0.2) is 45.2 Å². The second kappa shape index (κ2) is 10.1. The summed E-state index contributed by atoms with van der Waals surface area (Å²) < 4.78 is 12.7. The zero-order valence-corrected chi connectivity index (χ0v) is 20.3. The van der Waals surface area contributed by atoms with E-state index >= 15 is 0 Å². The highest BCUT2D eigenvalue weighted by Gasteiger charge is 2.35. The van der Waals surface area contributed by atoms with E-state index in [1.54, 1.807) is 42.1 Å². The molecule has 9 nitrogen and oxygen atoms in total. The summed E-state index contributed by atoms with van der Waals surface area (Å²) >= 11 is 1.51. The van der Waals surface area contributed by atoms with Crippen LogP contribution in [0.5, 0.6) is 17.2 Å². The third kappa shape index (κ3) is 4.54. The molecule has 34 heavy (non-hydrogen) atoms. The number of fused-ring (bicyclic) bond motifs is 1. The molecule has 2 heterocycles. The Morgan fingerprint density at radius 3 is 2.76 bits per heavy atom. The number of nitrogens with one attached hydrogen (secondary N) is 2. The number of benzene rings is 2. The first-order valence-corrected chi connectivity index (χ1v) is 11.9. The van der Waals surface area contributed by atoms with Gasteiger partial charge in [0.25, 0.3) is 5.91 Å². The van der Waals surface area contributed by atoms with Crippen molar-refractivity contribution in [3.05, 3.63) is 59.3 Å². The number of anilines is 2. The molecule has 1 aliphatic heterocycles. The van der Waals surface area contributed by atoms with Gasteiger partial charge >= 0.3 is 0 Å². The van der Waals surface area contributed by atoms with Gasteiger partial charge in [0.05, 0.1) is 25.0 Å². The van der Waals surface area contributed by atoms with E-state index in [0.29, 0.717) is 46.2 Å². The maximum Gasteiger partial charge on any atom is 0.255 e. The second-order valence-corrected chi connectivity index (χ2v) is 8.71. The highest BCUT2D eigenvalue weighted by Crippen LogP contribution is 2.40. The second-order valence-electron chi connectivity index (χ2n) is 7.48. The van der Waals surface area contributed by atoms with E-state index in [2.05, 4.69) is 20.7 Å². The van der Waals surface area contributed by atoms with Gasteiger partial charge in [0.1, 0.15) is 11.8 Å². The zero-order chi connectivity index (χ0) is 24.2. The standard InChI is InChI=1S/C24H27N5O4S/c1-5-33-19-13-15(11-12-17(19)30)21-20(22(31)26-16-9-7-8-10-18(16)32-4)14(3)25-23-27-24(34-6-2)28-29(21)23/h7-13,21,30H,5-6H2,1-4H3,(H,26,31)(H,25,27,28)/t21-/m1/s1. The number of hydrogen-bond donors (Lipinski definition) is 3. The van der Waals surface area contributed by atoms with Crippen LogP contribution in [0.2, 0.25) is 0 Å². The molecule has 4 rings (SSSR count). The van der Waals surface area contributed by atoms with Crippen LogP contribution in [-0.2, 0) is 4.79 Å². The number of carbonyl (C=O) groups excluding carboxylic acids is 1. The lowest BCUT2D eigenvalue weighted by atomic mass is 9.94. The van der Waals surface area contributed by atoms with Crippen molar-refractivity contribution in [2.75, 3.05) is 30.1 Å². The lowest BCUT2D eigenvalue weighted by Crippen LogP contribution is -2.31. The normalized spacial score (nSPS) is 14.9. The summed E-state index contributed by atoms with van der Waals surface area (Å²) in [6.07, 6.45) is 0. The molecule has 3 N–H and O–H groups in total. The predicted molar refractivity (Wildman–Crippen MR) is 132 cm³/mol. The Labute approximate surface area is 202 Å². The van der Waals surface area contributed by atoms with Crippen LogP contribution < -0.4 is 20.1 Å². The van der Waals surface area contributed by atoms with Gasteiger partial charge in [-0.1, -0.05) is 36.9 Å². The van der Waals surface area contributed by atoms with Gasteiger partial charge in [-0.2, -0.15) is 4.98 Å². The molecule has 1 amide bonds. The van der Waals surface area contributed by atoms with E-state index < -0.39 is 6.04 Å². The Bertz CT molecular complexity index is 1240. The Morgan fingerprint density at radius 1 is 1.24 bits per heavy atom. The largest absolute Gasteiger partial charge is 0.504 e. The van der Waals surface area contributed by atoms with Crippen molar-refractivity contribution in [1.29, 1.82) is 0 Å². The fourth-order valence-corrected chi connectivity index (χ4v) is 4.39. The number of para-hydroxylation sites is 2. The minimum Gasteiger partial charge on any atom is -0.504 e. The van der Waals surface area contributed by atoms with Crippen LogP contribution in [0.25, 0.3) is 0 Å². The van der Waals surface area contributed by atoms with Gasteiger partial charge in [-0.15, -0.1) is 5.10 Å². The third-order valence-corrected chi connectivity index (χ3v) is 6.03. The summed E-state index contributed by atoms with van der Waals surface area (Å²) in [7, 11) is 1.56. The highest BCUT2D eigenvalue weighted by atomic mass is 32.2. The van der Waals surface area contributed by atoms with Crippen molar-refractivity contribution in [1.82, 2.24) is 14.8 Å². The number of rotatable bonds is 8. The molecular formula is C24H27N5O4S. The zero-order valence-electron chi connectivity index (χ0n) is 19.5. The van der Waals surface area contributed by atoms with Crippen molar-refractivity contribution in [3.8, 4) is 17.2 Å². The first-order valence-electron chi connectivity index (χ1n) is 10.9. The van der Waals surface area contributed by atoms with Crippen molar-refractivity contribution in [2.45, 2.75) is 32.0 Å². The average molecular weight is 482 g/mol. The summed E-state index contributed by atoms with van der Waals surface area (Å²) in [4.78, 5) is 18.2. The summed E-state index contributed by atoms with van der Waals surface area (Å²) in [6, 6.07) is 11.7. The van der Waals surface area contributed by atoms with E-state index in [-0.39, 0.29) is 11.7 Å². The van der Waals surface area contributed by atoms with Gasteiger partial charge in [-0.05, 0) is 49.4 Å². The molecule has 0 radical (unpaired) electrons. The molecule has 178 valence electrons. The lowest BCUT2D eigenvalue weighted by Gasteiger charge is -2.29. The number of hydrogen-bond acceptors (Lipinski definition) is 8. The van der Waals surface area contributed by atoms with Crippen LogP contribution in [0.3, 0.4) is 0 Å². The SMILES string of the molecule is CCOc1cc([C@@H]2C(C(=O)Nc3ccccc3OC)=C(C)Nc3nc(SCC)nn32)ccc1O. The van der Waals surface area contributed by atoms with Crippen molar-refractivity contribution < 1.29 is 19.4 Å². The molecule has 0 spiro atoms. The molecule has 10 heteroatoms. The number of phenolic OH excluding ortho intramolecular Hbond substituents is 1. The molecule has 3 aromatic rings. The number of methoxy groups -OCH3 is 1. The number of allylic oxidation sites excluding steroid dienone is 1. The molecular weight excluding hydrogens is 454 g/mol.